The van der Waals surface area contributed by atoms with Crippen molar-refractivity contribution in [2.75, 3.05) is 19.7 Å². The zero-order valence-corrected chi connectivity index (χ0v) is 16.8. The molecule has 2 aromatic heterocycles. The SMILES string of the molecule is Cc1nn(C)cc1S(=O)(=O)N1CCC2(CC1)OCCc1sc(C(=O)O)cc12. The molecule has 146 valence electrons. The number of carbonyl (C=O) groups is 1. The minimum absolute atomic E-state index is 0.231. The van der Waals surface area contributed by atoms with Crippen LogP contribution in [0.2, 0.25) is 0 Å². The molecule has 4 rings (SSSR count). The second kappa shape index (κ2) is 6.40. The Morgan fingerprint density at radius 3 is 2.67 bits per heavy atom. The van der Waals surface area contributed by atoms with Crippen LogP contribution < -0.4 is 0 Å². The molecule has 0 amide bonds. The Morgan fingerprint density at radius 2 is 2.07 bits per heavy atom. The third-order valence-corrected chi connectivity index (χ3v) is 8.52. The molecular weight excluding hydrogens is 390 g/mol. The Hall–Kier alpha value is -1.75. The number of aromatic carboxylic acids is 1. The van der Waals surface area contributed by atoms with Crippen molar-refractivity contribution in [1.29, 1.82) is 0 Å². The highest BCUT2D eigenvalue weighted by Crippen LogP contribution is 2.45. The van der Waals surface area contributed by atoms with Crippen LogP contribution in [-0.4, -0.2) is 53.3 Å². The minimum Gasteiger partial charge on any atom is -0.477 e. The molecule has 1 N–H and O–H groups in total. The van der Waals surface area contributed by atoms with Gasteiger partial charge in [-0.15, -0.1) is 11.3 Å². The Balaban J connectivity index is 1.60. The van der Waals surface area contributed by atoms with Crippen molar-refractivity contribution < 1.29 is 23.1 Å². The molecule has 1 spiro atoms. The molecule has 1 saturated heterocycles. The third kappa shape index (κ3) is 3.00. The van der Waals surface area contributed by atoms with Gasteiger partial charge in [-0.1, -0.05) is 0 Å². The fraction of sp³-hybridized carbons (Fsp3) is 0.529. The first-order valence-electron chi connectivity index (χ1n) is 8.74. The molecular formula is C17H21N3O5S2. The van der Waals surface area contributed by atoms with E-state index in [4.69, 9.17) is 4.74 Å². The summed E-state index contributed by atoms with van der Waals surface area (Å²) >= 11 is 1.30. The van der Waals surface area contributed by atoms with Gasteiger partial charge in [0.2, 0.25) is 10.0 Å². The van der Waals surface area contributed by atoms with E-state index >= 15 is 0 Å². The lowest BCUT2D eigenvalue weighted by molar-refractivity contribution is -0.0882. The zero-order valence-electron chi connectivity index (χ0n) is 15.1. The molecule has 2 aromatic rings. The molecule has 8 nitrogen and oxygen atoms in total. The topological polar surface area (TPSA) is 102 Å². The summed E-state index contributed by atoms with van der Waals surface area (Å²) in [7, 11) is -1.91. The number of nitrogens with zero attached hydrogens (tertiary/aromatic N) is 3. The lowest BCUT2D eigenvalue weighted by Crippen LogP contribution is -2.48. The first kappa shape index (κ1) is 18.6. The van der Waals surface area contributed by atoms with Crippen molar-refractivity contribution in [2.45, 2.75) is 36.7 Å². The molecule has 0 aliphatic carbocycles. The summed E-state index contributed by atoms with van der Waals surface area (Å²) < 4.78 is 35.1. The lowest BCUT2D eigenvalue weighted by Gasteiger charge is -2.43. The average molecular weight is 412 g/mol. The van der Waals surface area contributed by atoms with E-state index < -0.39 is 21.6 Å². The van der Waals surface area contributed by atoms with Gasteiger partial charge in [0.15, 0.2) is 0 Å². The fourth-order valence-electron chi connectivity index (χ4n) is 3.99. The van der Waals surface area contributed by atoms with Crippen LogP contribution in [0.3, 0.4) is 0 Å². The predicted molar refractivity (Wildman–Crippen MR) is 98.6 cm³/mol. The molecule has 0 saturated carbocycles. The van der Waals surface area contributed by atoms with Gasteiger partial charge in [0.05, 0.1) is 17.9 Å². The van der Waals surface area contributed by atoms with Crippen molar-refractivity contribution in [1.82, 2.24) is 14.1 Å². The highest BCUT2D eigenvalue weighted by Gasteiger charge is 2.45. The maximum atomic E-state index is 13.0. The van der Waals surface area contributed by atoms with Crippen LogP contribution in [0.15, 0.2) is 17.2 Å². The molecule has 0 radical (unpaired) electrons. The Labute approximate surface area is 161 Å². The number of carboxylic acid groups (broad SMARTS) is 1. The molecule has 10 heteroatoms. The molecule has 4 heterocycles. The van der Waals surface area contributed by atoms with E-state index in [1.807, 2.05) is 0 Å². The van der Waals surface area contributed by atoms with Gasteiger partial charge in [-0.25, -0.2) is 13.2 Å². The molecule has 0 aromatic carbocycles. The minimum atomic E-state index is -3.61. The van der Waals surface area contributed by atoms with Crippen LogP contribution in [0.4, 0.5) is 0 Å². The van der Waals surface area contributed by atoms with Gasteiger partial charge >= 0.3 is 5.97 Å². The maximum Gasteiger partial charge on any atom is 0.345 e. The van der Waals surface area contributed by atoms with E-state index in [1.165, 1.54) is 26.5 Å². The first-order valence-corrected chi connectivity index (χ1v) is 11.0. The average Bonchev–Trinajstić information content (AvgIpc) is 3.20. The molecule has 2 aliphatic heterocycles. The molecule has 27 heavy (non-hydrogen) atoms. The molecule has 1 fully saturated rings. The van der Waals surface area contributed by atoms with Crippen molar-refractivity contribution in [3.8, 4) is 0 Å². The number of piperidine rings is 1. The first-order chi connectivity index (χ1) is 12.7. The van der Waals surface area contributed by atoms with Crippen molar-refractivity contribution >= 4 is 27.3 Å². The lowest BCUT2D eigenvalue weighted by atomic mass is 9.83. The number of thiophene rings is 1. The molecule has 0 bridgehead atoms. The highest BCUT2D eigenvalue weighted by atomic mass is 32.2. The van der Waals surface area contributed by atoms with Crippen LogP contribution in [0.5, 0.6) is 0 Å². The Bertz CT molecular complexity index is 1000. The standard InChI is InChI=1S/C17H21N3O5S2/c1-11-15(10-19(2)18-11)27(23,24)20-6-4-17(5-7-20)12-9-14(16(21)22)26-13(12)3-8-25-17/h9-10H,3-8H2,1-2H3,(H,21,22). The van der Waals surface area contributed by atoms with E-state index in [-0.39, 0.29) is 4.90 Å². The summed E-state index contributed by atoms with van der Waals surface area (Å²) in [6.07, 6.45) is 3.25. The smallest absolute Gasteiger partial charge is 0.345 e. The number of hydrogen-bond acceptors (Lipinski definition) is 6. The number of carboxylic acids is 1. The van der Waals surface area contributed by atoms with Gasteiger partial charge in [0.25, 0.3) is 0 Å². The quantitative estimate of drug-likeness (QED) is 0.826. The van der Waals surface area contributed by atoms with Crippen molar-refractivity contribution in [2.24, 2.45) is 7.05 Å². The van der Waals surface area contributed by atoms with Gasteiger partial charge in [-0.05, 0) is 31.4 Å². The fourth-order valence-corrected chi connectivity index (χ4v) is 6.71. The normalized spacial score (nSPS) is 19.9. The molecule has 2 aliphatic rings. The second-order valence-electron chi connectivity index (χ2n) is 7.00. The van der Waals surface area contributed by atoms with Crippen LogP contribution >= 0.6 is 11.3 Å². The van der Waals surface area contributed by atoms with E-state index in [0.717, 1.165) is 10.4 Å². The summed E-state index contributed by atoms with van der Waals surface area (Å²) in [5, 5.41) is 13.4. The number of aromatic nitrogens is 2. The van der Waals surface area contributed by atoms with Crippen molar-refractivity contribution in [3.05, 3.63) is 33.3 Å². The predicted octanol–water partition coefficient (Wildman–Crippen LogP) is 1.74. The maximum absolute atomic E-state index is 13.0. The van der Waals surface area contributed by atoms with Crippen LogP contribution in [0.1, 0.15) is 38.6 Å². The van der Waals surface area contributed by atoms with Gasteiger partial charge < -0.3 is 9.84 Å². The van der Waals surface area contributed by atoms with Gasteiger partial charge in [0.1, 0.15) is 9.77 Å². The summed E-state index contributed by atoms with van der Waals surface area (Å²) in [5.41, 5.74) is 0.817. The number of aryl methyl sites for hydroxylation is 2. The summed E-state index contributed by atoms with van der Waals surface area (Å²) in [5.74, 6) is -0.934. The molecule has 0 unspecified atom stereocenters. The van der Waals surface area contributed by atoms with Crippen LogP contribution in [-0.2, 0) is 33.8 Å². The number of sulfonamides is 1. The zero-order chi connectivity index (χ0) is 19.4. The number of rotatable bonds is 3. The Kier molecular flexibility index (Phi) is 4.41. The third-order valence-electron chi connectivity index (χ3n) is 5.33. The number of ether oxygens (including phenoxy) is 1. The van der Waals surface area contributed by atoms with E-state index in [0.29, 0.717) is 49.5 Å². The van der Waals surface area contributed by atoms with E-state index in [1.54, 1.807) is 20.0 Å². The molecule has 0 atom stereocenters. The number of fused-ring (bicyclic) bond motifs is 2. The van der Waals surface area contributed by atoms with Gasteiger partial charge in [0, 0.05) is 37.6 Å². The highest BCUT2D eigenvalue weighted by molar-refractivity contribution is 7.89. The van der Waals surface area contributed by atoms with Crippen LogP contribution in [0.25, 0.3) is 0 Å². The van der Waals surface area contributed by atoms with Crippen molar-refractivity contribution in [3.63, 3.8) is 0 Å². The van der Waals surface area contributed by atoms with Gasteiger partial charge in [-0.2, -0.15) is 9.40 Å². The summed E-state index contributed by atoms with van der Waals surface area (Å²) in [6, 6.07) is 1.71. The summed E-state index contributed by atoms with van der Waals surface area (Å²) in [6.45, 7) is 2.87. The van der Waals surface area contributed by atoms with Gasteiger partial charge in [-0.3, -0.25) is 4.68 Å². The monoisotopic (exact) mass is 411 g/mol. The largest absolute Gasteiger partial charge is 0.477 e. The van der Waals surface area contributed by atoms with Crippen LogP contribution in [0, 0.1) is 6.92 Å². The number of hydrogen-bond donors (Lipinski definition) is 1. The Morgan fingerprint density at radius 1 is 1.37 bits per heavy atom. The van der Waals surface area contributed by atoms with E-state index in [9.17, 15) is 18.3 Å². The second-order valence-corrected chi connectivity index (χ2v) is 10.0. The van der Waals surface area contributed by atoms with E-state index in [2.05, 4.69) is 5.10 Å². The summed E-state index contributed by atoms with van der Waals surface area (Å²) in [4.78, 5) is 12.9.